The molecule has 0 aromatic heterocycles. The van der Waals surface area contributed by atoms with Gasteiger partial charge in [0.1, 0.15) is 6.54 Å². The largest absolute Gasteiger partial charge is 0.465 e. The van der Waals surface area contributed by atoms with Crippen molar-refractivity contribution in [3.8, 4) is 0 Å². The van der Waals surface area contributed by atoms with Crippen LogP contribution in [0, 0.1) is 0 Å². The Kier molecular flexibility index (Phi) is 5.17. The van der Waals surface area contributed by atoms with Gasteiger partial charge in [-0.25, -0.2) is 0 Å². The number of hydrogen-bond donors (Lipinski definition) is 0. The predicted octanol–water partition coefficient (Wildman–Crippen LogP) is 3.16. The summed E-state index contributed by atoms with van der Waals surface area (Å²) >= 11 is 0. The Morgan fingerprint density at radius 1 is 1.04 bits per heavy atom. The quantitative estimate of drug-likeness (QED) is 0.788. The van der Waals surface area contributed by atoms with E-state index < -0.39 is 5.41 Å². The van der Waals surface area contributed by atoms with Gasteiger partial charge in [-0.3, -0.25) is 9.59 Å². The van der Waals surface area contributed by atoms with Crippen molar-refractivity contribution in [3.63, 3.8) is 0 Å². The summed E-state index contributed by atoms with van der Waals surface area (Å²) in [4.78, 5) is 27.1. The van der Waals surface area contributed by atoms with Crippen LogP contribution < -0.4 is 0 Å². The highest BCUT2D eigenvalue weighted by Crippen LogP contribution is 2.41. The van der Waals surface area contributed by atoms with Crippen LogP contribution in [-0.2, 0) is 19.7 Å². The maximum Gasteiger partial charge on any atom is 0.325 e. The molecule has 0 unspecified atom stereocenters. The highest BCUT2D eigenvalue weighted by Gasteiger charge is 2.46. The SMILES string of the molecule is CCOC(=O)CN1CCCC(c2ccccc2)(c2ccccc2)C1=O. The zero-order valence-corrected chi connectivity index (χ0v) is 14.5. The lowest BCUT2D eigenvalue weighted by molar-refractivity contribution is -0.152. The van der Waals surface area contributed by atoms with Crippen LogP contribution >= 0.6 is 0 Å². The Balaban J connectivity index is 2.02. The normalized spacial score (nSPS) is 16.5. The van der Waals surface area contributed by atoms with E-state index in [1.54, 1.807) is 11.8 Å². The first-order valence-electron chi connectivity index (χ1n) is 8.74. The number of likely N-dealkylation sites (tertiary alicyclic amines) is 1. The van der Waals surface area contributed by atoms with Crippen LogP contribution in [0.3, 0.4) is 0 Å². The topological polar surface area (TPSA) is 46.6 Å². The van der Waals surface area contributed by atoms with E-state index in [0.29, 0.717) is 13.2 Å². The number of amides is 1. The highest BCUT2D eigenvalue weighted by atomic mass is 16.5. The molecule has 1 amide bonds. The van der Waals surface area contributed by atoms with Gasteiger partial charge >= 0.3 is 5.97 Å². The number of carbonyl (C=O) groups is 2. The molecule has 1 aliphatic heterocycles. The molecule has 1 aliphatic rings. The summed E-state index contributed by atoms with van der Waals surface area (Å²) in [6.45, 7) is 2.69. The molecular formula is C21H23NO3. The van der Waals surface area contributed by atoms with Crippen LogP contribution in [0.2, 0.25) is 0 Å². The van der Waals surface area contributed by atoms with E-state index in [1.807, 2.05) is 60.7 Å². The first kappa shape index (κ1) is 17.2. The van der Waals surface area contributed by atoms with E-state index in [2.05, 4.69) is 0 Å². The molecule has 130 valence electrons. The maximum absolute atomic E-state index is 13.5. The summed E-state index contributed by atoms with van der Waals surface area (Å²) in [5, 5.41) is 0. The molecule has 2 aromatic carbocycles. The monoisotopic (exact) mass is 337 g/mol. The Morgan fingerprint density at radius 3 is 2.12 bits per heavy atom. The molecule has 0 radical (unpaired) electrons. The van der Waals surface area contributed by atoms with Crippen LogP contribution in [0.4, 0.5) is 0 Å². The lowest BCUT2D eigenvalue weighted by Crippen LogP contribution is -2.53. The average Bonchev–Trinajstić information content (AvgIpc) is 2.65. The van der Waals surface area contributed by atoms with Crippen LogP contribution in [0.5, 0.6) is 0 Å². The number of hydrogen-bond acceptors (Lipinski definition) is 3. The summed E-state index contributed by atoms with van der Waals surface area (Å²) in [7, 11) is 0. The molecule has 0 saturated carbocycles. The third-order valence-corrected chi connectivity index (χ3v) is 4.79. The van der Waals surface area contributed by atoms with Gasteiger partial charge in [0, 0.05) is 6.54 Å². The number of rotatable bonds is 5. The molecule has 1 saturated heterocycles. The number of piperidine rings is 1. The molecule has 0 bridgehead atoms. The van der Waals surface area contributed by atoms with Gasteiger partial charge in [0.2, 0.25) is 5.91 Å². The molecule has 4 heteroatoms. The molecule has 25 heavy (non-hydrogen) atoms. The third-order valence-electron chi connectivity index (χ3n) is 4.79. The lowest BCUT2D eigenvalue weighted by Gasteiger charge is -2.42. The number of nitrogens with zero attached hydrogens (tertiary/aromatic N) is 1. The fourth-order valence-electron chi connectivity index (χ4n) is 3.67. The summed E-state index contributed by atoms with van der Waals surface area (Å²) < 4.78 is 5.04. The van der Waals surface area contributed by atoms with Gasteiger partial charge in [0.05, 0.1) is 12.0 Å². The van der Waals surface area contributed by atoms with E-state index in [-0.39, 0.29) is 18.4 Å². The minimum Gasteiger partial charge on any atom is -0.465 e. The molecule has 0 N–H and O–H groups in total. The average molecular weight is 337 g/mol. The van der Waals surface area contributed by atoms with Crippen molar-refractivity contribution in [2.75, 3.05) is 19.7 Å². The van der Waals surface area contributed by atoms with E-state index >= 15 is 0 Å². The number of carbonyl (C=O) groups excluding carboxylic acids is 2. The number of esters is 1. The van der Waals surface area contributed by atoms with Gasteiger partial charge < -0.3 is 9.64 Å². The van der Waals surface area contributed by atoms with Gasteiger partial charge in [-0.05, 0) is 30.9 Å². The second kappa shape index (κ2) is 7.51. The van der Waals surface area contributed by atoms with Crippen molar-refractivity contribution in [3.05, 3.63) is 71.8 Å². The van der Waals surface area contributed by atoms with Gasteiger partial charge in [0.25, 0.3) is 0 Å². The van der Waals surface area contributed by atoms with Gasteiger partial charge in [-0.15, -0.1) is 0 Å². The van der Waals surface area contributed by atoms with Crippen molar-refractivity contribution < 1.29 is 14.3 Å². The molecule has 0 spiro atoms. The molecule has 2 aromatic rings. The van der Waals surface area contributed by atoms with Crippen LogP contribution in [0.15, 0.2) is 60.7 Å². The Morgan fingerprint density at radius 2 is 1.60 bits per heavy atom. The zero-order valence-electron chi connectivity index (χ0n) is 14.5. The highest BCUT2D eigenvalue weighted by molar-refractivity contribution is 5.94. The van der Waals surface area contributed by atoms with Crippen molar-refractivity contribution in [2.45, 2.75) is 25.2 Å². The van der Waals surface area contributed by atoms with Crippen LogP contribution in [0.1, 0.15) is 30.9 Å². The number of ether oxygens (including phenoxy) is 1. The fraction of sp³-hybridized carbons (Fsp3) is 0.333. The Bertz CT molecular complexity index is 688. The summed E-state index contributed by atoms with van der Waals surface area (Å²) in [5.74, 6) is -0.378. The standard InChI is InChI=1S/C21H23NO3/c1-2-25-19(23)16-22-15-9-14-21(20(22)24,17-10-5-3-6-11-17)18-12-7-4-8-13-18/h3-8,10-13H,2,9,14-16H2,1H3. The van der Waals surface area contributed by atoms with Crippen molar-refractivity contribution in [2.24, 2.45) is 0 Å². The molecule has 4 nitrogen and oxygen atoms in total. The Labute approximate surface area is 148 Å². The van der Waals surface area contributed by atoms with E-state index in [1.165, 1.54) is 0 Å². The zero-order chi connectivity index (χ0) is 17.7. The second-order valence-corrected chi connectivity index (χ2v) is 6.27. The van der Waals surface area contributed by atoms with Crippen LogP contribution in [-0.4, -0.2) is 36.5 Å². The van der Waals surface area contributed by atoms with E-state index in [9.17, 15) is 9.59 Å². The summed E-state index contributed by atoms with van der Waals surface area (Å²) in [6.07, 6.45) is 1.58. The maximum atomic E-state index is 13.5. The second-order valence-electron chi connectivity index (χ2n) is 6.27. The smallest absolute Gasteiger partial charge is 0.325 e. The van der Waals surface area contributed by atoms with E-state index in [4.69, 9.17) is 4.74 Å². The molecule has 1 heterocycles. The number of benzene rings is 2. The van der Waals surface area contributed by atoms with E-state index in [0.717, 1.165) is 24.0 Å². The van der Waals surface area contributed by atoms with Crippen molar-refractivity contribution in [1.82, 2.24) is 4.90 Å². The molecule has 1 fully saturated rings. The van der Waals surface area contributed by atoms with Gasteiger partial charge in [-0.1, -0.05) is 60.7 Å². The molecule has 3 rings (SSSR count). The van der Waals surface area contributed by atoms with Crippen molar-refractivity contribution in [1.29, 1.82) is 0 Å². The Hall–Kier alpha value is -2.62. The first-order valence-corrected chi connectivity index (χ1v) is 8.74. The third kappa shape index (κ3) is 3.29. The van der Waals surface area contributed by atoms with Gasteiger partial charge in [-0.2, -0.15) is 0 Å². The predicted molar refractivity (Wildman–Crippen MR) is 96.1 cm³/mol. The summed E-state index contributed by atoms with van der Waals surface area (Å²) in [5.41, 5.74) is 1.20. The minimum atomic E-state index is -0.743. The minimum absolute atomic E-state index is 0.00803. The molecular weight excluding hydrogens is 314 g/mol. The van der Waals surface area contributed by atoms with Crippen molar-refractivity contribution >= 4 is 11.9 Å². The van der Waals surface area contributed by atoms with Gasteiger partial charge in [0.15, 0.2) is 0 Å². The lowest BCUT2D eigenvalue weighted by atomic mass is 9.68. The van der Waals surface area contributed by atoms with Crippen LogP contribution in [0.25, 0.3) is 0 Å². The molecule has 0 atom stereocenters. The molecule has 0 aliphatic carbocycles. The fourth-order valence-corrected chi connectivity index (χ4v) is 3.67. The first-order chi connectivity index (χ1) is 12.2. The summed E-state index contributed by atoms with van der Waals surface area (Å²) in [6, 6.07) is 19.7.